The van der Waals surface area contributed by atoms with Crippen LogP contribution in [0.1, 0.15) is 23.6 Å². The monoisotopic (exact) mass is 382 g/mol. The van der Waals surface area contributed by atoms with Gasteiger partial charge < -0.3 is 24.8 Å². The van der Waals surface area contributed by atoms with Crippen LogP contribution in [0.4, 0.5) is 0 Å². The number of fused-ring (bicyclic) bond motifs is 1. The summed E-state index contributed by atoms with van der Waals surface area (Å²) >= 11 is 0. The lowest BCUT2D eigenvalue weighted by atomic mass is 10.0. The number of aliphatic hydroxyl groups excluding tert-OH is 1. The second-order valence-corrected chi connectivity index (χ2v) is 7.02. The zero-order valence-electron chi connectivity index (χ0n) is 15.3. The van der Waals surface area contributed by atoms with Crippen molar-refractivity contribution in [1.29, 1.82) is 0 Å². The third-order valence-corrected chi connectivity index (χ3v) is 5.10. The van der Waals surface area contributed by atoms with Crippen LogP contribution in [-0.2, 0) is 16.1 Å². The Bertz CT molecular complexity index is 870. The molecule has 2 aromatic rings. The SMILES string of the molecule is O=C(N[C@H](CO)c1ccccc1)[C@@H]1CC(=O)N(Cc2ccc3c(c2)OCO3)C1. The van der Waals surface area contributed by atoms with E-state index in [0.29, 0.717) is 24.6 Å². The van der Waals surface area contributed by atoms with E-state index in [4.69, 9.17) is 9.47 Å². The second kappa shape index (κ2) is 7.90. The first-order valence-electron chi connectivity index (χ1n) is 9.26. The molecule has 0 bridgehead atoms. The number of benzene rings is 2. The van der Waals surface area contributed by atoms with E-state index in [0.717, 1.165) is 11.1 Å². The minimum atomic E-state index is -0.480. The average molecular weight is 382 g/mol. The summed E-state index contributed by atoms with van der Waals surface area (Å²) in [6, 6.07) is 14.4. The molecule has 1 fully saturated rings. The minimum absolute atomic E-state index is 0.0573. The van der Waals surface area contributed by atoms with E-state index in [1.54, 1.807) is 4.90 Å². The van der Waals surface area contributed by atoms with E-state index in [2.05, 4.69) is 5.32 Å². The molecule has 7 nitrogen and oxygen atoms in total. The number of nitrogens with zero attached hydrogens (tertiary/aromatic N) is 1. The van der Waals surface area contributed by atoms with Gasteiger partial charge in [0.15, 0.2) is 11.5 Å². The number of ether oxygens (including phenoxy) is 2. The predicted molar refractivity (Wildman–Crippen MR) is 101 cm³/mol. The molecule has 0 spiro atoms. The maximum Gasteiger partial charge on any atom is 0.231 e. The van der Waals surface area contributed by atoms with Crippen LogP contribution in [0.3, 0.4) is 0 Å². The van der Waals surface area contributed by atoms with Gasteiger partial charge in [-0.3, -0.25) is 9.59 Å². The Morgan fingerprint density at radius 1 is 1.18 bits per heavy atom. The van der Waals surface area contributed by atoms with Crippen molar-refractivity contribution in [1.82, 2.24) is 10.2 Å². The Kier molecular flexibility index (Phi) is 5.16. The summed E-state index contributed by atoms with van der Waals surface area (Å²) in [5.41, 5.74) is 1.76. The lowest BCUT2D eigenvalue weighted by Gasteiger charge is -2.20. The summed E-state index contributed by atoms with van der Waals surface area (Å²) in [5.74, 6) is 0.665. The first-order valence-corrected chi connectivity index (χ1v) is 9.26. The second-order valence-electron chi connectivity index (χ2n) is 7.02. The Balaban J connectivity index is 1.38. The topological polar surface area (TPSA) is 88.1 Å². The van der Waals surface area contributed by atoms with Gasteiger partial charge >= 0.3 is 0 Å². The molecule has 4 rings (SSSR count). The number of amides is 2. The smallest absolute Gasteiger partial charge is 0.231 e. The first kappa shape index (κ1) is 18.3. The number of aliphatic hydroxyl groups is 1. The molecule has 2 heterocycles. The summed E-state index contributed by atoms with van der Waals surface area (Å²) in [5, 5.41) is 12.5. The summed E-state index contributed by atoms with van der Waals surface area (Å²) in [4.78, 5) is 26.7. The molecule has 0 aliphatic carbocycles. The number of rotatable bonds is 6. The number of carbonyl (C=O) groups excluding carboxylic acids is 2. The lowest BCUT2D eigenvalue weighted by Crippen LogP contribution is -2.36. The van der Waals surface area contributed by atoms with Gasteiger partial charge in [-0.15, -0.1) is 0 Å². The maximum absolute atomic E-state index is 12.6. The molecule has 0 radical (unpaired) electrons. The number of hydrogen-bond acceptors (Lipinski definition) is 5. The van der Waals surface area contributed by atoms with Crippen molar-refractivity contribution in [3.05, 3.63) is 59.7 Å². The lowest BCUT2D eigenvalue weighted by molar-refractivity contribution is -0.129. The van der Waals surface area contributed by atoms with Gasteiger partial charge in [-0.2, -0.15) is 0 Å². The van der Waals surface area contributed by atoms with Crippen LogP contribution in [0.2, 0.25) is 0 Å². The van der Waals surface area contributed by atoms with Crippen molar-refractivity contribution in [3.8, 4) is 11.5 Å². The van der Waals surface area contributed by atoms with Gasteiger partial charge in [0.1, 0.15) is 0 Å². The maximum atomic E-state index is 12.6. The molecule has 0 saturated carbocycles. The molecule has 2 aliphatic heterocycles. The first-order chi connectivity index (χ1) is 13.6. The third-order valence-electron chi connectivity index (χ3n) is 5.10. The van der Waals surface area contributed by atoms with E-state index in [1.165, 1.54) is 0 Å². The van der Waals surface area contributed by atoms with E-state index in [1.807, 2.05) is 48.5 Å². The van der Waals surface area contributed by atoms with Crippen LogP contribution in [-0.4, -0.2) is 41.8 Å². The van der Waals surface area contributed by atoms with Crippen molar-refractivity contribution in [2.45, 2.75) is 19.0 Å². The van der Waals surface area contributed by atoms with Crippen LogP contribution in [0.5, 0.6) is 11.5 Å². The Hall–Kier alpha value is -3.06. The van der Waals surface area contributed by atoms with Crippen LogP contribution < -0.4 is 14.8 Å². The molecule has 2 amide bonds. The van der Waals surface area contributed by atoms with Gasteiger partial charge in [0.2, 0.25) is 18.6 Å². The molecule has 0 aromatic heterocycles. The van der Waals surface area contributed by atoms with E-state index in [-0.39, 0.29) is 31.6 Å². The van der Waals surface area contributed by atoms with Crippen molar-refractivity contribution < 1.29 is 24.2 Å². The Labute approximate surface area is 162 Å². The summed E-state index contributed by atoms with van der Waals surface area (Å²) in [6.45, 7) is 0.780. The highest BCUT2D eigenvalue weighted by molar-refractivity contribution is 5.89. The minimum Gasteiger partial charge on any atom is -0.454 e. The van der Waals surface area contributed by atoms with Crippen LogP contribution in [0, 0.1) is 5.92 Å². The van der Waals surface area contributed by atoms with Gasteiger partial charge in [0, 0.05) is 19.5 Å². The molecular weight excluding hydrogens is 360 g/mol. The van der Waals surface area contributed by atoms with Crippen molar-refractivity contribution in [2.24, 2.45) is 5.92 Å². The molecule has 2 atom stereocenters. The molecule has 2 N–H and O–H groups in total. The zero-order valence-corrected chi connectivity index (χ0v) is 15.3. The van der Waals surface area contributed by atoms with Gasteiger partial charge in [0.25, 0.3) is 0 Å². The van der Waals surface area contributed by atoms with Gasteiger partial charge in [-0.1, -0.05) is 36.4 Å². The fraction of sp³-hybridized carbons (Fsp3) is 0.333. The average Bonchev–Trinajstić information content (AvgIpc) is 3.33. The molecule has 7 heteroatoms. The predicted octanol–water partition coefficient (Wildman–Crippen LogP) is 1.61. The van der Waals surface area contributed by atoms with E-state index in [9.17, 15) is 14.7 Å². The van der Waals surface area contributed by atoms with Crippen molar-refractivity contribution >= 4 is 11.8 Å². The fourth-order valence-electron chi connectivity index (χ4n) is 3.57. The van der Waals surface area contributed by atoms with Crippen molar-refractivity contribution in [3.63, 3.8) is 0 Å². The van der Waals surface area contributed by atoms with E-state index >= 15 is 0 Å². The fourth-order valence-corrected chi connectivity index (χ4v) is 3.57. The summed E-state index contributed by atoms with van der Waals surface area (Å²) in [7, 11) is 0. The van der Waals surface area contributed by atoms with Crippen LogP contribution in [0.15, 0.2) is 48.5 Å². The Morgan fingerprint density at radius 3 is 2.75 bits per heavy atom. The van der Waals surface area contributed by atoms with Gasteiger partial charge in [0.05, 0.1) is 18.6 Å². The van der Waals surface area contributed by atoms with Crippen molar-refractivity contribution in [2.75, 3.05) is 19.9 Å². The highest BCUT2D eigenvalue weighted by Gasteiger charge is 2.35. The number of likely N-dealkylation sites (tertiary alicyclic amines) is 1. The molecule has 146 valence electrons. The highest BCUT2D eigenvalue weighted by Crippen LogP contribution is 2.33. The van der Waals surface area contributed by atoms with Gasteiger partial charge in [-0.05, 0) is 23.3 Å². The third kappa shape index (κ3) is 3.80. The molecule has 28 heavy (non-hydrogen) atoms. The standard InChI is InChI=1S/C21H22N2O5/c24-12-17(15-4-2-1-3-5-15)22-21(26)16-9-20(25)23(11-16)10-14-6-7-18-19(8-14)28-13-27-18/h1-8,16-17,24H,9-13H2,(H,22,26)/t16-,17-/m1/s1. The summed E-state index contributed by atoms with van der Waals surface area (Å²) in [6.07, 6.45) is 0.170. The molecule has 1 saturated heterocycles. The Morgan fingerprint density at radius 2 is 1.96 bits per heavy atom. The quantitative estimate of drug-likeness (QED) is 0.793. The van der Waals surface area contributed by atoms with Crippen LogP contribution >= 0.6 is 0 Å². The zero-order chi connectivity index (χ0) is 19.5. The molecule has 0 unspecified atom stereocenters. The van der Waals surface area contributed by atoms with Gasteiger partial charge in [-0.25, -0.2) is 0 Å². The highest BCUT2D eigenvalue weighted by atomic mass is 16.7. The molecule has 2 aliphatic rings. The largest absolute Gasteiger partial charge is 0.454 e. The molecule has 2 aromatic carbocycles. The van der Waals surface area contributed by atoms with Crippen LogP contribution in [0.25, 0.3) is 0 Å². The summed E-state index contributed by atoms with van der Waals surface area (Å²) < 4.78 is 10.7. The normalized spacial score (nSPS) is 19.0. The van der Waals surface area contributed by atoms with E-state index < -0.39 is 12.0 Å². The number of nitrogens with one attached hydrogen (secondary N) is 1. The number of hydrogen-bond donors (Lipinski definition) is 2. The molecular formula is C21H22N2O5. The number of carbonyl (C=O) groups is 2.